The van der Waals surface area contributed by atoms with Crippen LogP contribution in [0.2, 0.25) is 0 Å². The van der Waals surface area contributed by atoms with Crippen molar-refractivity contribution < 1.29 is 17.6 Å². The Morgan fingerprint density at radius 2 is 1.93 bits per heavy atom. The maximum atomic E-state index is 13.1. The van der Waals surface area contributed by atoms with Crippen molar-refractivity contribution in [3.05, 3.63) is 35.1 Å². The van der Waals surface area contributed by atoms with Crippen LogP contribution in [0.25, 0.3) is 0 Å². The number of rotatable bonds is 0. The quantitative estimate of drug-likeness (QED) is 0.387. The van der Waals surface area contributed by atoms with Crippen LogP contribution in [-0.2, 0) is 6.18 Å². The summed E-state index contributed by atoms with van der Waals surface area (Å²) in [6.07, 6.45) is -4.53. The molecule has 1 rings (SSSR count). The van der Waals surface area contributed by atoms with Crippen LogP contribution >= 0.6 is 15.9 Å². The van der Waals surface area contributed by atoms with Gasteiger partial charge in [-0.15, -0.1) is 0 Å². The Morgan fingerprint density at radius 1 is 1.27 bits per heavy atom. The zero-order chi connectivity index (χ0) is 11.5. The average Bonchev–Trinajstić information content (AvgIpc) is 2.14. The average molecular weight is 281 g/mol. The van der Waals surface area contributed by atoms with Crippen molar-refractivity contribution in [2.24, 2.45) is 0 Å². The Bertz CT molecular complexity index is 412. The number of hydrogen-bond acceptors (Lipinski definition) is 0. The normalized spacial score (nSPS) is 10.7. The highest BCUT2D eigenvalue weighted by molar-refractivity contribution is 9.09. The number of benzene rings is 1. The van der Waals surface area contributed by atoms with E-state index in [-0.39, 0.29) is 5.56 Å². The molecule has 80 valence electrons. The molecular formula is C10H5BrF4. The molecule has 0 nitrogen and oxygen atoms in total. The molecular weight excluding hydrogens is 276 g/mol. The highest BCUT2D eigenvalue weighted by Crippen LogP contribution is 2.29. The van der Waals surface area contributed by atoms with Gasteiger partial charge in [-0.2, -0.15) is 13.2 Å². The van der Waals surface area contributed by atoms with Crippen molar-refractivity contribution in [2.75, 3.05) is 5.33 Å². The van der Waals surface area contributed by atoms with Crippen molar-refractivity contribution in [1.82, 2.24) is 0 Å². The third kappa shape index (κ3) is 3.24. The lowest BCUT2D eigenvalue weighted by atomic mass is 10.1. The SMILES string of the molecule is Fc1cc(C(F)(F)F)ccc1C#CCBr. The highest BCUT2D eigenvalue weighted by Gasteiger charge is 2.30. The molecule has 0 aliphatic rings. The largest absolute Gasteiger partial charge is 0.416 e. The summed E-state index contributed by atoms with van der Waals surface area (Å²) in [6, 6.07) is 2.27. The smallest absolute Gasteiger partial charge is 0.206 e. The Hall–Kier alpha value is -1.02. The van der Waals surface area contributed by atoms with Crippen LogP contribution in [0, 0.1) is 17.7 Å². The minimum atomic E-state index is -4.53. The standard InChI is InChI=1S/C10H5BrF4/c11-5-1-2-7-3-4-8(6-9(7)12)10(13,14)15/h3-4,6H,5H2. The topological polar surface area (TPSA) is 0 Å². The molecule has 0 heterocycles. The molecule has 0 aliphatic carbocycles. The van der Waals surface area contributed by atoms with Crippen molar-refractivity contribution in [1.29, 1.82) is 0 Å². The molecule has 1 aromatic rings. The second-order valence-corrected chi connectivity index (χ2v) is 3.19. The first kappa shape index (κ1) is 12.1. The fourth-order valence-corrected chi connectivity index (χ4v) is 1.06. The Balaban J connectivity index is 3.09. The van der Waals surface area contributed by atoms with Gasteiger partial charge in [0.15, 0.2) is 0 Å². The summed E-state index contributed by atoms with van der Waals surface area (Å²) in [5.41, 5.74) is -1.05. The molecule has 0 aromatic heterocycles. The zero-order valence-electron chi connectivity index (χ0n) is 7.33. The van der Waals surface area contributed by atoms with Gasteiger partial charge in [0.2, 0.25) is 0 Å². The molecule has 0 aliphatic heterocycles. The second kappa shape index (κ2) is 4.67. The first-order valence-electron chi connectivity index (χ1n) is 3.86. The van der Waals surface area contributed by atoms with E-state index in [0.29, 0.717) is 11.4 Å². The first-order valence-corrected chi connectivity index (χ1v) is 4.99. The molecule has 0 N–H and O–H groups in total. The molecule has 0 atom stereocenters. The van der Waals surface area contributed by atoms with Crippen molar-refractivity contribution in [2.45, 2.75) is 6.18 Å². The Morgan fingerprint density at radius 3 is 2.40 bits per heavy atom. The van der Waals surface area contributed by atoms with Crippen LogP contribution in [0.5, 0.6) is 0 Å². The summed E-state index contributed by atoms with van der Waals surface area (Å²) < 4.78 is 49.5. The van der Waals surface area contributed by atoms with Gasteiger partial charge in [0, 0.05) is 0 Å². The molecule has 0 amide bonds. The molecule has 0 radical (unpaired) electrons. The van der Waals surface area contributed by atoms with E-state index < -0.39 is 17.6 Å². The molecule has 0 bridgehead atoms. The number of halogens is 5. The van der Waals surface area contributed by atoms with Gasteiger partial charge in [-0.25, -0.2) is 4.39 Å². The van der Waals surface area contributed by atoms with E-state index in [1.165, 1.54) is 0 Å². The maximum Gasteiger partial charge on any atom is 0.416 e. The van der Waals surface area contributed by atoms with Crippen LogP contribution in [0.3, 0.4) is 0 Å². The summed E-state index contributed by atoms with van der Waals surface area (Å²) >= 11 is 3.00. The molecule has 0 fully saturated rings. The summed E-state index contributed by atoms with van der Waals surface area (Å²) in [5, 5.41) is 0.341. The van der Waals surface area contributed by atoms with Crippen LogP contribution in [0.4, 0.5) is 17.6 Å². The molecule has 0 saturated heterocycles. The van der Waals surface area contributed by atoms with E-state index in [1.54, 1.807) is 0 Å². The molecule has 0 saturated carbocycles. The number of hydrogen-bond donors (Lipinski definition) is 0. The fraction of sp³-hybridized carbons (Fsp3) is 0.200. The van der Waals surface area contributed by atoms with E-state index in [1.807, 2.05) is 0 Å². The van der Waals surface area contributed by atoms with Crippen molar-refractivity contribution >= 4 is 15.9 Å². The zero-order valence-corrected chi connectivity index (χ0v) is 8.91. The maximum absolute atomic E-state index is 13.1. The van der Waals surface area contributed by atoms with Gasteiger partial charge in [0.25, 0.3) is 0 Å². The van der Waals surface area contributed by atoms with Gasteiger partial charge in [-0.05, 0) is 18.2 Å². The fourth-order valence-electron chi connectivity index (χ4n) is 0.921. The molecule has 5 heteroatoms. The minimum Gasteiger partial charge on any atom is -0.206 e. The third-order valence-corrected chi connectivity index (χ3v) is 1.87. The molecule has 0 unspecified atom stereocenters. The van der Waals surface area contributed by atoms with E-state index in [0.717, 1.165) is 12.1 Å². The first-order chi connectivity index (χ1) is 6.95. The second-order valence-electron chi connectivity index (χ2n) is 2.63. The van der Waals surface area contributed by atoms with Crippen LogP contribution < -0.4 is 0 Å². The van der Waals surface area contributed by atoms with Crippen molar-refractivity contribution in [3.8, 4) is 11.8 Å². The van der Waals surface area contributed by atoms with E-state index >= 15 is 0 Å². The number of alkyl halides is 4. The third-order valence-electron chi connectivity index (χ3n) is 1.59. The Kier molecular flexibility index (Phi) is 3.75. The van der Waals surface area contributed by atoms with Crippen LogP contribution in [0.1, 0.15) is 11.1 Å². The van der Waals surface area contributed by atoms with Gasteiger partial charge in [0.1, 0.15) is 5.82 Å². The van der Waals surface area contributed by atoms with Crippen LogP contribution in [0.15, 0.2) is 18.2 Å². The van der Waals surface area contributed by atoms with Gasteiger partial charge >= 0.3 is 6.18 Å². The van der Waals surface area contributed by atoms with E-state index in [4.69, 9.17) is 0 Å². The lowest BCUT2D eigenvalue weighted by Crippen LogP contribution is -2.05. The predicted octanol–water partition coefficient (Wildman–Crippen LogP) is 3.59. The van der Waals surface area contributed by atoms with Gasteiger partial charge in [-0.1, -0.05) is 27.8 Å². The summed E-state index contributed by atoms with van der Waals surface area (Å²) in [5.74, 6) is 3.95. The Labute approximate surface area is 92.4 Å². The summed E-state index contributed by atoms with van der Waals surface area (Å²) in [4.78, 5) is 0. The highest BCUT2D eigenvalue weighted by atomic mass is 79.9. The molecule has 15 heavy (non-hydrogen) atoms. The van der Waals surface area contributed by atoms with Gasteiger partial charge < -0.3 is 0 Å². The van der Waals surface area contributed by atoms with Crippen LogP contribution in [-0.4, -0.2) is 5.33 Å². The molecule has 0 spiro atoms. The minimum absolute atomic E-state index is 0.0394. The van der Waals surface area contributed by atoms with Crippen molar-refractivity contribution in [3.63, 3.8) is 0 Å². The summed E-state index contributed by atoms with van der Waals surface area (Å²) in [7, 11) is 0. The monoisotopic (exact) mass is 280 g/mol. The van der Waals surface area contributed by atoms with E-state index in [9.17, 15) is 17.6 Å². The van der Waals surface area contributed by atoms with Gasteiger partial charge in [-0.3, -0.25) is 0 Å². The van der Waals surface area contributed by atoms with E-state index in [2.05, 4.69) is 27.8 Å². The lowest BCUT2D eigenvalue weighted by Gasteiger charge is -2.06. The lowest BCUT2D eigenvalue weighted by molar-refractivity contribution is -0.137. The molecule has 1 aromatic carbocycles. The summed E-state index contributed by atoms with van der Waals surface area (Å²) in [6.45, 7) is 0. The predicted molar refractivity (Wildman–Crippen MR) is 52.1 cm³/mol. The van der Waals surface area contributed by atoms with Gasteiger partial charge in [0.05, 0.1) is 16.5 Å².